The summed E-state index contributed by atoms with van der Waals surface area (Å²) in [6.45, 7) is 23.8. The molecule has 3 aliphatic heterocycles. The molecule has 3 fully saturated rings. The number of unbranched alkanes of at least 4 members (excludes halogenated alkanes) is 24. The molecule has 1 saturated carbocycles. The zero-order valence-electron chi connectivity index (χ0n) is 75.1. The number of aryl methyl sites for hydroxylation is 2. The Morgan fingerprint density at radius 1 is 0.627 bits per heavy atom. The molecule has 670 valence electrons. The summed E-state index contributed by atoms with van der Waals surface area (Å²) in [6.07, 6.45) is 30.6. The standard InChI is InChI=1S/C96H155NO21/c1-16-19-21-23-25-27-29-31-33-35-37-39-41-47-84(101)112-64-75(65-113-85(102)48-42-40-38-36-34-32-30-28-26-24-22-20-17-2)114-86(103)51-52-87(104)115-81-57-68(6)55-69(7)89(81)95(11,12)63-88(105)117-96-71(9)60-83(111-15)91(118-96)82(110-14)58-67(5)54-66(4)56-74(45-18-3)79(100)62-78(99)72(10)90(70(8)59-73-49-50-77(98)80(61-73)109-13)116-94(108)76-46-43-44-53-97(76)93(107)92(96)106/h18,55-57,59,67,71-78,80,82-83,90-91,98-99H,3,16-17,19-54,58,60-65H2,1-2,4-15H3/b66-56+,70-59+/t67-,71+,72+,73?,74+,76-,77+,78-,80+,82-,83-,90+,91+,96+/m0/s1. The summed E-state index contributed by atoms with van der Waals surface area (Å²) in [6, 6.07) is 2.17. The molecule has 0 radical (unpaired) electrons. The molecule has 0 spiro atoms. The van der Waals surface area contributed by atoms with Crippen molar-refractivity contribution in [1.82, 2.24) is 4.90 Å². The third-order valence-electron chi connectivity index (χ3n) is 24.7. The lowest BCUT2D eigenvalue weighted by Gasteiger charge is -2.48. The number of aliphatic hydroxyl groups excluding tert-OH is 2. The van der Waals surface area contributed by atoms with Gasteiger partial charge in [-0.1, -0.05) is 232 Å². The Labute approximate surface area is 708 Å². The van der Waals surface area contributed by atoms with Crippen molar-refractivity contribution in [3.63, 3.8) is 0 Å². The van der Waals surface area contributed by atoms with Crippen molar-refractivity contribution in [3.8, 4) is 5.75 Å². The summed E-state index contributed by atoms with van der Waals surface area (Å²) in [5.41, 5.74) is 1.94. The van der Waals surface area contributed by atoms with Gasteiger partial charge in [0, 0.05) is 75.9 Å². The van der Waals surface area contributed by atoms with Gasteiger partial charge in [0.15, 0.2) is 6.10 Å². The van der Waals surface area contributed by atoms with Crippen LogP contribution in [0.3, 0.4) is 0 Å². The first kappa shape index (κ1) is 102. The highest BCUT2D eigenvalue weighted by Gasteiger charge is 2.61. The molecule has 22 heteroatoms. The lowest BCUT2D eigenvalue weighted by Crippen LogP contribution is -2.66. The molecule has 1 aromatic rings. The van der Waals surface area contributed by atoms with E-state index in [1.165, 1.54) is 130 Å². The molecule has 1 unspecified atom stereocenters. The summed E-state index contributed by atoms with van der Waals surface area (Å²) in [4.78, 5) is 132. The van der Waals surface area contributed by atoms with Crippen LogP contribution in [0.5, 0.6) is 5.75 Å². The van der Waals surface area contributed by atoms with Gasteiger partial charge in [-0.05, 0) is 139 Å². The van der Waals surface area contributed by atoms with E-state index in [-0.39, 0.29) is 75.2 Å². The molecule has 14 atom stereocenters. The summed E-state index contributed by atoms with van der Waals surface area (Å²) < 4.78 is 61.3. The van der Waals surface area contributed by atoms with Gasteiger partial charge in [-0.3, -0.25) is 38.4 Å². The van der Waals surface area contributed by atoms with Crippen molar-refractivity contribution in [2.45, 2.75) is 412 Å². The number of rotatable bonds is 48. The third kappa shape index (κ3) is 35.0. The molecule has 1 aromatic carbocycles. The number of aliphatic hydroxyl groups is 2. The van der Waals surface area contributed by atoms with E-state index in [0.717, 1.165) is 49.0 Å². The van der Waals surface area contributed by atoms with Gasteiger partial charge in [-0.25, -0.2) is 4.79 Å². The fraction of sp³-hybridized carbons (Fsp3) is 0.781. The van der Waals surface area contributed by atoms with Crippen LogP contribution in [0.2, 0.25) is 0 Å². The second-order valence-corrected chi connectivity index (χ2v) is 35.7. The number of benzene rings is 1. The molecule has 5 rings (SSSR count). The Kier molecular flexibility index (Phi) is 47.8. The first-order chi connectivity index (χ1) is 56.4. The van der Waals surface area contributed by atoms with Crippen LogP contribution in [0.4, 0.5) is 0 Å². The number of hydrogen-bond donors (Lipinski definition) is 2. The van der Waals surface area contributed by atoms with Gasteiger partial charge >= 0.3 is 35.8 Å². The molecule has 2 saturated heterocycles. The van der Waals surface area contributed by atoms with E-state index in [2.05, 4.69) is 20.4 Å². The minimum atomic E-state index is -2.65. The number of ketones is 2. The van der Waals surface area contributed by atoms with Gasteiger partial charge in [0.1, 0.15) is 43.0 Å². The third-order valence-corrected chi connectivity index (χ3v) is 24.7. The number of carbonyl (C=O) groups is 9. The van der Waals surface area contributed by atoms with Crippen molar-refractivity contribution in [2.24, 2.45) is 29.6 Å². The summed E-state index contributed by atoms with van der Waals surface area (Å²) in [5, 5.41) is 22.8. The van der Waals surface area contributed by atoms with Gasteiger partial charge in [-0.2, -0.15) is 0 Å². The molecule has 2 bridgehead atoms. The quantitative estimate of drug-likeness (QED) is 0.0153. The van der Waals surface area contributed by atoms with E-state index in [1.54, 1.807) is 60.8 Å². The van der Waals surface area contributed by atoms with Gasteiger partial charge in [0.05, 0.1) is 49.8 Å². The molecule has 22 nitrogen and oxygen atoms in total. The zero-order valence-corrected chi connectivity index (χ0v) is 75.1. The van der Waals surface area contributed by atoms with Gasteiger partial charge < -0.3 is 62.5 Å². The van der Waals surface area contributed by atoms with Crippen LogP contribution in [0.15, 0.2) is 48.1 Å². The van der Waals surface area contributed by atoms with E-state index in [4.69, 9.17) is 47.4 Å². The lowest BCUT2D eigenvalue weighted by molar-refractivity contribution is -0.308. The van der Waals surface area contributed by atoms with Gasteiger partial charge in [0.2, 0.25) is 0 Å². The molecule has 118 heavy (non-hydrogen) atoms. The molecule has 3 heterocycles. The monoisotopic (exact) mass is 1660 g/mol. The highest BCUT2D eigenvalue weighted by Crippen LogP contribution is 2.45. The van der Waals surface area contributed by atoms with E-state index in [1.807, 2.05) is 39.0 Å². The SMILES string of the molecule is C=CC[C@@H]1/C=C(\C)C[C@H](C)C[C@H](OC)[C@H]2O[C@@](OC(=O)CC(C)(C)c3c(C)cc(C)cc3OC(=O)CCC(=O)OC(COC(=O)CCCCCCCCCCCCCCC)COC(=O)CCCCCCCCCCCCCCC)(C(=O)C(=O)N3CCCC[C@H]3C(=O)O[C@H](/C(C)=C/C3CC[C@@H](O)[C@H](OC)C3)[C@H](C)[C@@H](O)CC1=O)[C@H](C)C[C@@H]2OC. The number of carbonyl (C=O) groups excluding carboxylic acids is 9. The Hall–Kier alpha value is -6.17. The molecule has 1 aliphatic carbocycles. The van der Waals surface area contributed by atoms with Crippen LogP contribution >= 0.6 is 0 Å². The molecule has 0 aromatic heterocycles. The topological polar surface area (TPSA) is 290 Å². The fourth-order valence-electron chi connectivity index (χ4n) is 17.9. The van der Waals surface area contributed by atoms with Crippen LogP contribution < -0.4 is 4.74 Å². The van der Waals surface area contributed by atoms with Crippen molar-refractivity contribution in [3.05, 3.63) is 64.8 Å². The van der Waals surface area contributed by atoms with Crippen molar-refractivity contribution >= 4 is 53.3 Å². The van der Waals surface area contributed by atoms with E-state index >= 15 is 19.2 Å². The predicted octanol–water partition coefficient (Wildman–Crippen LogP) is 18.8. The van der Waals surface area contributed by atoms with E-state index < -0.39 is 151 Å². The van der Waals surface area contributed by atoms with Crippen LogP contribution in [-0.4, -0.2) is 170 Å². The number of esters is 6. The summed E-state index contributed by atoms with van der Waals surface area (Å²) >= 11 is 0. The van der Waals surface area contributed by atoms with Crippen molar-refractivity contribution in [1.29, 1.82) is 0 Å². The van der Waals surface area contributed by atoms with E-state index in [9.17, 15) is 34.2 Å². The largest absolute Gasteiger partial charge is 0.462 e. The number of piperidine rings is 1. The number of amides is 1. The number of methoxy groups -OCH3 is 3. The maximum absolute atomic E-state index is 16.0. The van der Waals surface area contributed by atoms with E-state index in [0.29, 0.717) is 86.5 Å². The minimum absolute atomic E-state index is 0.0326. The molecule has 2 N–H and O–H groups in total. The Balaban J connectivity index is 1.38. The maximum atomic E-state index is 16.0. The van der Waals surface area contributed by atoms with Gasteiger partial charge in [0.25, 0.3) is 17.5 Å². The maximum Gasteiger partial charge on any atom is 0.329 e. The lowest BCUT2D eigenvalue weighted by atomic mass is 9.78. The molecule has 4 aliphatic rings. The smallest absolute Gasteiger partial charge is 0.329 e. The molecular weight excluding hydrogens is 1500 g/mol. The average molecular weight is 1660 g/mol. The van der Waals surface area contributed by atoms with Crippen LogP contribution in [-0.2, 0) is 91.2 Å². The molecular formula is C96H155NO21. The normalized spacial score (nSPS) is 25.8. The highest BCUT2D eigenvalue weighted by atomic mass is 16.7. The number of ether oxygens (including phenoxy) is 10. The first-order valence-corrected chi connectivity index (χ1v) is 45.7. The summed E-state index contributed by atoms with van der Waals surface area (Å²) in [5.74, 6) is -12.4. The predicted molar refractivity (Wildman–Crippen MR) is 457 cm³/mol. The zero-order chi connectivity index (χ0) is 86.7. The fourth-order valence-corrected chi connectivity index (χ4v) is 17.9. The number of allylic oxidation sites excluding steroid dienone is 4. The number of Topliss-reactive ketones (excluding diaryl/α,β-unsaturated/α-hetero) is 2. The minimum Gasteiger partial charge on any atom is -0.462 e. The number of fused-ring (bicyclic) bond motifs is 3. The van der Waals surface area contributed by atoms with Gasteiger partial charge in [-0.15, -0.1) is 6.58 Å². The first-order valence-electron chi connectivity index (χ1n) is 45.7. The second kappa shape index (κ2) is 55.1. The van der Waals surface area contributed by atoms with Crippen LogP contribution in [0.25, 0.3) is 0 Å². The molecule has 1 amide bonds. The van der Waals surface area contributed by atoms with Crippen molar-refractivity contribution < 1.29 is 101 Å². The number of hydrogen-bond acceptors (Lipinski definition) is 21. The summed E-state index contributed by atoms with van der Waals surface area (Å²) in [7, 11) is 4.54. The average Bonchev–Trinajstić information content (AvgIpc) is 0.752. The Bertz CT molecular complexity index is 3260. The number of nitrogens with zero attached hydrogens (tertiary/aromatic N) is 1. The Morgan fingerprint density at radius 2 is 1.15 bits per heavy atom. The second-order valence-electron chi connectivity index (χ2n) is 35.7. The number of cyclic esters (lactones) is 1. The Morgan fingerprint density at radius 3 is 1.69 bits per heavy atom. The highest BCUT2D eigenvalue weighted by molar-refractivity contribution is 6.39. The van der Waals surface area contributed by atoms with Crippen LogP contribution in [0, 0.1) is 43.4 Å². The van der Waals surface area contributed by atoms with Crippen molar-refractivity contribution in [2.75, 3.05) is 41.1 Å². The van der Waals surface area contributed by atoms with Crippen LogP contribution in [0.1, 0.15) is 349 Å².